The molecule has 1 heterocycles. The van der Waals surface area contributed by atoms with Gasteiger partial charge in [-0.3, -0.25) is 0 Å². The molecule has 17 heavy (non-hydrogen) atoms. The smallest absolute Gasteiger partial charge is 0.154 e. The van der Waals surface area contributed by atoms with Crippen LogP contribution in [-0.2, 0) is 0 Å². The second kappa shape index (κ2) is 4.63. The summed E-state index contributed by atoms with van der Waals surface area (Å²) in [6.45, 7) is 1.90. The lowest BCUT2D eigenvalue weighted by Crippen LogP contribution is -2.06. The molecule has 0 fully saturated rings. The van der Waals surface area contributed by atoms with Crippen LogP contribution in [0.2, 0.25) is 0 Å². The molecule has 0 aliphatic heterocycles. The highest BCUT2D eigenvalue weighted by molar-refractivity contribution is 5.59. The third-order valence-corrected chi connectivity index (χ3v) is 2.54. The lowest BCUT2D eigenvalue weighted by Gasteiger charge is -2.00. The van der Waals surface area contributed by atoms with Crippen LogP contribution in [0.25, 0.3) is 11.3 Å². The summed E-state index contributed by atoms with van der Waals surface area (Å²) >= 11 is 0. The first kappa shape index (κ1) is 11.7. The molecule has 1 atom stereocenters. The molecule has 0 saturated heterocycles. The molecule has 2 aromatic rings. The van der Waals surface area contributed by atoms with Crippen molar-refractivity contribution in [2.75, 3.05) is 0 Å². The van der Waals surface area contributed by atoms with Crippen molar-refractivity contribution < 1.29 is 13.3 Å². The maximum Gasteiger partial charge on any atom is 0.154 e. The van der Waals surface area contributed by atoms with Crippen LogP contribution in [0.3, 0.4) is 0 Å². The van der Waals surface area contributed by atoms with Crippen LogP contribution in [0, 0.1) is 11.6 Å². The van der Waals surface area contributed by atoms with Gasteiger partial charge in [0, 0.05) is 11.6 Å². The predicted molar refractivity (Wildman–Crippen MR) is 59.1 cm³/mol. The maximum absolute atomic E-state index is 13.5. The van der Waals surface area contributed by atoms with Gasteiger partial charge in [-0.05, 0) is 24.6 Å². The monoisotopic (exact) mass is 238 g/mol. The minimum atomic E-state index is -0.545. The van der Waals surface area contributed by atoms with Crippen molar-refractivity contribution >= 4 is 0 Å². The zero-order chi connectivity index (χ0) is 12.4. The summed E-state index contributed by atoms with van der Waals surface area (Å²) in [5.74, 6) is -0.603. The third kappa shape index (κ3) is 2.34. The Morgan fingerprint density at radius 2 is 2.12 bits per heavy atom. The maximum atomic E-state index is 13.5. The Balaban J connectivity index is 2.40. The Morgan fingerprint density at radius 3 is 2.82 bits per heavy atom. The lowest BCUT2D eigenvalue weighted by molar-refractivity contribution is 0.360. The van der Waals surface area contributed by atoms with Crippen molar-refractivity contribution in [1.82, 2.24) is 5.16 Å². The molecule has 2 rings (SSSR count). The first-order chi connectivity index (χ1) is 8.11. The van der Waals surface area contributed by atoms with Crippen molar-refractivity contribution in [2.45, 2.75) is 19.4 Å². The fraction of sp³-hybridized carbons (Fsp3) is 0.250. The van der Waals surface area contributed by atoms with E-state index < -0.39 is 11.6 Å². The van der Waals surface area contributed by atoms with Crippen LogP contribution in [-0.4, -0.2) is 5.16 Å². The van der Waals surface area contributed by atoms with Crippen molar-refractivity contribution in [1.29, 1.82) is 0 Å². The molecule has 2 N–H and O–H groups in total. The van der Waals surface area contributed by atoms with E-state index in [4.69, 9.17) is 10.3 Å². The summed E-state index contributed by atoms with van der Waals surface area (Å²) < 4.78 is 31.5. The Bertz CT molecular complexity index is 525. The molecule has 5 heteroatoms. The normalized spacial score (nSPS) is 12.7. The molecule has 0 spiro atoms. The van der Waals surface area contributed by atoms with E-state index in [1.54, 1.807) is 0 Å². The summed E-state index contributed by atoms with van der Waals surface area (Å²) in [6.07, 6.45) is 0.681. The summed E-state index contributed by atoms with van der Waals surface area (Å²) in [7, 11) is 0. The van der Waals surface area contributed by atoms with Crippen molar-refractivity contribution in [2.24, 2.45) is 5.73 Å². The molecule has 1 aromatic carbocycles. The number of halogens is 2. The second-order valence-electron chi connectivity index (χ2n) is 3.75. The number of hydrogen-bond donors (Lipinski definition) is 1. The molecule has 0 bridgehead atoms. The first-order valence-electron chi connectivity index (χ1n) is 5.29. The van der Waals surface area contributed by atoms with E-state index in [1.807, 2.05) is 6.92 Å². The number of nitrogens with zero attached hydrogens (tertiary/aromatic N) is 1. The number of rotatable bonds is 3. The highest BCUT2D eigenvalue weighted by Crippen LogP contribution is 2.25. The minimum absolute atomic E-state index is 0.0725. The quantitative estimate of drug-likeness (QED) is 0.894. The highest BCUT2D eigenvalue weighted by atomic mass is 19.1. The Labute approximate surface area is 97.2 Å². The van der Waals surface area contributed by atoms with Crippen LogP contribution in [0.5, 0.6) is 0 Å². The molecule has 1 aromatic heterocycles. The standard InChI is InChI=1S/C12H12F2N2O/c1-2-10(15)12-6-11(16-17-12)8-5-7(13)3-4-9(8)14/h3-6,10H,2,15H2,1H3. The number of aromatic nitrogens is 1. The van der Waals surface area contributed by atoms with Crippen LogP contribution in [0.1, 0.15) is 25.1 Å². The second-order valence-corrected chi connectivity index (χ2v) is 3.75. The summed E-state index contributed by atoms with van der Waals surface area (Å²) in [5, 5.41) is 3.70. The fourth-order valence-corrected chi connectivity index (χ4v) is 1.49. The summed E-state index contributed by atoms with van der Waals surface area (Å²) in [4.78, 5) is 0. The van der Waals surface area contributed by atoms with Crippen LogP contribution >= 0.6 is 0 Å². The van der Waals surface area contributed by atoms with E-state index in [2.05, 4.69) is 5.16 Å². The van der Waals surface area contributed by atoms with Gasteiger partial charge >= 0.3 is 0 Å². The van der Waals surface area contributed by atoms with Gasteiger partial charge in [-0.1, -0.05) is 12.1 Å². The van der Waals surface area contributed by atoms with Crippen LogP contribution in [0.15, 0.2) is 28.8 Å². The van der Waals surface area contributed by atoms with E-state index in [0.717, 1.165) is 18.2 Å². The zero-order valence-corrected chi connectivity index (χ0v) is 9.28. The van der Waals surface area contributed by atoms with Gasteiger partial charge in [-0.2, -0.15) is 0 Å². The molecule has 0 amide bonds. The average molecular weight is 238 g/mol. The van der Waals surface area contributed by atoms with Gasteiger partial charge in [0.2, 0.25) is 0 Å². The Hall–Kier alpha value is -1.75. The molecule has 0 radical (unpaired) electrons. The Kier molecular flexibility index (Phi) is 3.19. The van der Waals surface area contributed by atoms with Gasteiger partial charge in [0.15, 0.2) is 5.76 Å². The van der Waals surface area contributed by atoms with E-state index >= 15 is 0 Å². The molecular formula is C12H12F2N2O. The van der Waals surface area contributed by atoms with Crippen molar-refractivity contribution in [3.8, 4) is 11.3 Å². The highest BCUT2D eigenvalue weighted by Gasteiger charge is 2.15. The van der Waals surface area contributed by atoms with Crippen molar-refractivity contribution in [3.63, 3.8) is 0 Å². The summed E-state index contributed by atoms with van der Waals surface area (Å²) in [5.41, 5.74) is 6.08. The molecule has 0 saturated carbocycles. The van der Waals surface area contributed by atoms with E-state index in [-0.39, 0.29) is 17.3 Å². The van der Waals surface area contributed by atoms with Crippen LogP contribution in [0.4, 0.5) is 8.78 Å². The molecule has 0 aliphatic rings. The van der Waals surface area contributed by atoms with Gasteiger partial charge in [-0.25, -0.2) is 8.78 Å². The fourth-order valence-electron chi connectivity index (χ4n) is 1.49. The average Bonchev–Trinajstić information content (AvgIpc) is 2.80. The largest absolute Gasteiger partial charge is 0.359 e. The first-order valence-corrected chi connectivity index (χ1v) is 5.29. The molecule has 1 unspecified atom stereocenters. The van der Waals surface area contributed by atoms with E-state index in [1.165, 1.54) is 6.07 Å². The topological polar surface area (TPSA) is 52.0 Å². The van der Waals surface area contributed by atoms with Crippen LogP contribution < -0.4 is 5.73 Å². The SMILES string of the molecule is CCC(N)c1cc(-c2cc(F)ccc2F)no1. The van der Waals surface area contributed by atoms with Gasteiger partial charge in [0.25, 0.3) is 0 Å². The Morgan fingerprint density at radius 1 is 1.35 bits per heavy atom. The predicted octanol–water partition coefficient (Wildman–Crippen LogP) is 3.03. The molecule has 3 nitrogen and oxygen atoms in total. The minimum Gasteiger partial charge on any atom is -0.359 e. The van der Waals surface area contributed by atoms with Gasteiger partial charge in [-0.15, -0.1) is 0 Å². The molecule has 90 valence electrons. The van der Waals surface area contributed by atoms with Gasteiger partial charge < -0.3 is 10.3 Å². The van der Waals surface area contributed by atoms with Crippen molar-refractivity contribution in [3.05, 3.63) is 41.7 Å². The molecule has 0 aliphatic carbocycles. The van der Waals surface area contributed by atoms with E-state index in [9.17, 15) is 8.78 Å². The number of benzene rings is 1. The number of nitrogens with two attached hydrogens (primary N) is 1. The molecular weight excluding hydrogens is 226 g/mol. The van der Waals surface area contributed by atoms with E-state index in [0.29, 0.717) is 12.2 Å². The lowest BCUT2D eigenvalue weighted by atomic mass is 10.1. The summed E-state index contributed by atoms with van der Waals surface area (Å²) in [6, 6.07) is 4.43. The third-order valence-electron chi connectivity index (χ3n) is 2.54. The number of hydrogen-bond acceptors (Lipinski definition) is 3. The van der Waals surface area contributed by atoms with Gasteiger partial charge in [0.1, 0.15) is 17.3 Å². The van der Waals surface area contributed by atoms with Gasteiger partial charge in [0.05, 0.1) is 6.04 Å². The zero-order valence-electron chi connectivity index (χ0n) is 9.28.